The average Bonchev–Trinajstić information content (AvgIpc) is 2.89. The van der Waals surface area contributed by atoms with Crippen molar-refractivity contribution in [2.45, 2.75) is 89.4 Å². The molecule has 2 aliphatic rings. The van der Waals surface area contributed by atoms with Crippen LogP contribution in [-0.4, -0.2) is 3.92 Å². The Balaban J connectivity index is 2.05. The summed E-state index contributed by atoms with van der Waals surface area (Å²) in [6.07, 6.45) is 19.2. The van der Waals surface area contributed by atoms with Crippen LogP contribution in [0.25, 0.3) is 0 Å². The van der Waals surface area contributed by atoms with Crippen molar-refractivity contribution in [1.82, 2.24) is 0 Å². The summed E-state index contributed by atoms with van der Waals surface area (Å²) in [5.41, 5.74) is 1.50. The molecule has 26 heavy (non-hydrogen) atoms. The van der Waals surface area contributed by atoms with E-state index in [4.69, 9.17) is 0 Å². The van der Waals surface area contributed by atoms with E-state index in [9.17, 15) is 0 Å². The SMILES string of the molecule is CCC(CC)CC(C1=CC#CC(CC2CCCCC2I)C=C1)C(C)CC. The number of halogens is 1. The minimum absolute atomic E-state index is 0.454. The van der Waals surface area contributed by atoms with E-state index in [1.807, 2.05) is 0 Å². The van der Waals surface area contributed by atoms with Crippen LogP contribution in [0, 0.1) is 41.4 Å². The van der Waals surface area contributed by atoms with Crippen molar-refractivity contribution in [2.75, 3.05) is 0 Å². The van der Waals surface area contributed by atoms with E-state index in [1.165, 1.54) is 63.4 Å². The predicted molar refractivity (Wildman–Crippen MR) is 125 cm³/mol. The maximum Gasteiger partial charge on any atom is 0.0392 e. The van der Waals surface area contributed by atoms with Gasteiger partial charge in [-0.2, -0.15) is 0 Å². The Labute approximate surface area is 176 Å². The van der Waals surface area contributed by atoms with E-state index < -0.39 is 0 Å². The summed E-state index contributed by atoms with van der Waals surface area (Å²) in [6, 6.07) is 0. The first kappa shape index (κ1) is 22.1. The summed E-state index contributed by atoms with van der Waals surface area (Å²) in [7, 11) is 0. The second kappa shape index (κ2) is 11.6. The highest BCUT2D eigenvalue weighted by Gasteiger charge is 2.26. The van der Waals surface area contributed by atoms with Crippen LogP contribution >= 0.6 is 22.6 Å². The van der Waals surface area contributed by atoms with Gasteiger partial charge < -0.3 is 0 Å². The van der Waals surface area contributed by atoms with Crippen molar-refractivity contribution in [3.05, 3.63) is 23.8 Å². The van der Waals surface area contributed by atoms with Crippen molar-refractivity contribution in [2.24, 2.45) is 29.6 Å². The summed E-state index contributed by atoms with van der Waals surface area (Å²) < 4.78 is 0.856. The van der Waals surface area contributed by atoms with Crippen LogP contribution in [0.3, 0.4) is 0 Å². The average molecular weight is 466 g/mol. The zero-order valence-corrected chi connectivity index (χ0v) is 19.6. The van der Waals surface area contributed by atoms with Crippen LogP contribution in [0.1, 0.15) is 85.5 Å². The number of rotatable bonds is 9. The molecule has 0 saturated heterocycles. The fourth-order valence-electron chi connectivity index (χ4n) is 4.64. The topological polar surface area (TPSA) is 0 Å². The smallest absolute Gasteiger partial charge is 0.0392 e. The highest BCUT2D eigenvalue weighted by Crippen LogP contribution is 2.36. The van der Waals surface area contributed by atoms with Gasteiger partial charge >= 0.3 is 0 Å². The van der Waals surface area contributed by atoms with Gasteiger partial charge in [0, 0.05) is 9.84 Å². The van der Waals surface area contributed by atoms with Gasteiger partial charge in [0.2, 0.25) is 0 Å². The third-order valence-corrected chi connectivity index (χ3v) is 8.54. The molecule has 1 heteroatoms. The van der Waals surface area contributed by atoms with Crippen molar-refractivity contribution >= 4 is 22.6 Å². The van der Waals surface area contributed by atoms with Crippen LogP contribution in [0.2, 0.25) is 0 Å². The fourth-order valence-corrected chi connectivity index (χ4v) is 5.73. The first-order chi connectivity index (χ1) is 12.6. The van der Waals surface area contributed by atoms with Gasteiger partial charge in [0.1, 0.15) is 0 Å². The molecule has 1 saturated carbocycles. The Morgan fingerprint density at radius 1 is 1.12 bits per heavy atom. The van der Waals surface area contributed by atoms with E-state index in [1.54, 1.807) is 0 Å². The lowest BCUT2D eigenvalue weighted by Crippen LogP contribution is -2.21. The zero-order chi connectivity index (χ0) is 18.9. The van der Waals surface area contributed by atoms with Crippen LogP contribution in [0.15, 0.2) is 23.8 Å². The van der Waals surface area contributed by atoms with E-state index in [-0.39, 0.29) is 0 Å². The molecule has 2 rings (SSSR count). The lowest BCUT2D eigenvalue weighted by molar-refractivity contribution is 0.306. The quantitative estimate of drug-likeness (QED) is 0.184. The Kier molecular flexibility index (Phi) is 9.82. The van der Waals surface area contributed by atoms with Gasteiger partial charge in [0.25, 0.3) is 0 Å². The molecule has 0 amide bonds. The Hall–Kier alpha value is -0.230. The largest absolute Gasteiger partial charge is 0.0909 e. The van der Waals surface area contributed by atoms with Crippen molar-refractivity contribution in [3.8, 4) is 11.8 Å². The van der Waals surface area contributed by atoms with Crippen LogP contribution < -0.4 is 0 Å². The molecule has 1 fully saturated rings. The number of hydrogen-bond acceptors (Lipinski definition) is 0. The normalized spacial score (nSPS) is 28.1. The standard InChI is InChI=1S/C25H39I/c1-5-19(4)24(18-20(6-2)7-3)22-13-10-11-21(15-16-22)17-23-12-8-9-14-25(23)26/h13,15-16,19-21,23-25H,5-9,12,14,17-18H2,1-4H3. The first-order valence-corrected chi connectivity index (χ1v) is 12.4. The maximum atomic E-state index is 3.56. The van der Waals surface area contributed by atoms with Gasteiger partial charge in [-0.15, -0.1) is 0 Å². The summed E-state index contributed by atoms with van der Waals surface area (Å²) >= 11 is 2.69. The Morgan fingerprint density at radius 3 is 2.50 bits per heavy atom. The van der Waals surface area contributed by atoms with Gasteiger partial charge in [0.05, 0.1) is 0 Å². The molecule has 146 valence electrons. The summed E-state index contributed by atoms with van der Waals surface area (Å²) in [4.78, 5) is 0. The molecule has 2 aliphatic carbocycles. The lowest BCUT2D eigenvalue weighted by Gasteiger charge is -2.29. The van der Waals surface area contributed by atoms with Gasteiger partial charge in [-0.25, -0.2) is 0 Å². The molecule has 0 N–H and O–H groups in total. The minimum atomic E-state index is 0.454. The highest BCUT2D eigenvalue weighted by atomic mass is 127. The fraction of sp³-hybridized carbons (Fsp3) is 0.760. The molecule has 0 bridgehead atoms. The monoisotopic (exact) mass is 466 g/mol. The van der Waals surface area contributed by atoms with Crippen molar-refractivity contribution < 1.29 is 0 Å². The van der Waals surface area contributed by atoms with Gasteiger partial charge in [0.15, 0.2) is 0 Å². The molecule has 0 aromatic carbocycles. The Morgan fingerprint density at radius 2 is 1.85 bits per heavy atom. The second-order valence-electron chi connectivity index (χ2n) is 8.61. The van der Waals surface area contributed by atoms with Crippen LogP contribution in [0.5, 0.6) is 0 Å². The molecule has 0 aromatic rings. The van der Waals surface area contributed by atoms with Crippen LogP contribution in [0.4, 0.5) is 0 Å². The summed E-state index contributed by atoms with van der Waals surface area (Å²) in [5, 5.41) is 0. The molecule has 0 spiro atoms. The molecule has 0 aromatic heterocycles. The predicted octanol–water partition coefficient (Wildman–Crippen LogP) is 7.97. The number of alkyl halides is 1. The molecule has 0 nitrogen and oxygen atoms in total. The van der Waals surface area contributed by atoms with Gasteiger partial charge in [-0.1, -0.05) is 106 Å². The minimum Gasteiger partial charge on any atom is -0.0909 e. The van der Waals surface area contributed by atoms with Crippen molar-refractivity contribution in [1.29, 1.82) is 0 Å². The molecule has 5 unspecified atom stereocenters. The van der Waals surface area contributed by atoms with E-state index in [2.05, 4.69) is 80.4 Å². The second-order valence-corrected chi connectivity index (χ2v) is 10.2. The molecular formula is C25H39I. The van der Waals surface area contributed by atoms with E-state index >= 15 is 0 Å². The summed E-state index contributed by atoms with van der Waals surface area (Å²) in [6.45, 7) is 9.46. The first-order valence-electron chi connectivity index (χ1n) is 11.1. The molecule has 0 aliphatic heterocycles. The van der Waals surface area contributed by atoms with Crippen LogP contribution in [-0.2, 0) is 0 Å². The zero-order valence-electron chi connectivity index (χ0n) is 17.4. The molecule has 5 atom stereocenters. The van der Waals surface area contributed by atoms with E-state index in [0.717, 1.165) is 21.7 Å². The van der Waals surface area contributed by atoms with Crippen molar-refractivity contribution in [3.63, 3.8) is 0 Å². The third kappa shape index (κ3) is 6.43. The number of hydrogen-bond donors (Lipinski definition) is 0. The van der Waals surface area contributed by atoms with Gasteiger partial charge in [-0.05, 0) is 61.0 Å². The number of allylic oxidation sites excluding steroid dienone is 4. The molecular weight excluding hydrogens is 427 g/mol. The lowest BCUT2D eigenvalue weighted by atomic mass is 9.77. The summed E-state index contributed by atoms with van der Waals surface area (Å²) in [5.74, 6) is 10.6. The maximum absolute atomic E-state index is 3.56. The third-order valence-electron chi connectivity index (χ3n) is 6.90. The highest BCUT2D eigenvalue weighted by molar-refractivity contribution is 14.1. The molecule has 0 heterocycles. The van der Waals surface area contributed by atoms with Gasteiger partial charge in [-0.3, -0.25) is 0 Å². The molecule has 0 radical (unpaired) electrons. The van der Waals surface area contributed by atoms with E-state index in [0.29, 0.717) is 11.8 Å². The Bertz CT molecular complexity index is 528.